The Morgan fingerprint density at radius 1 is 1.06 bits per heavy atom. The Kier molecular flexibility index (Phi) is 6.65. The zero-order valence-electron chi connectivity index (χ0n) is 18.0. The molecule has 1 unspecified atom stereocenters. The van der Waals surface area contributed by atoms with E-state index >= 15 is 0 Å². The molecular weight excluding hydrogens is 394 g/mol. The number of nitrogens with one attached hydrogen (secondary N) is 1. The fraction of sp³-hybridized carbons (Fsp3) is 0.250. The molecule has 0 aliphatic rings. The highest BCUT2D eigenvalue weighted by molar-refractivity contribution is 6.04. The number of anilines is 1. The number of pyridine rings is 1. The van der Waals surface area contributed by atoms with Crippen LogP contribution in [0.3, 0.4) is 0 Å². The first kappa shape index (κ1) is 22.0. The number of aryl methyl sites for hydroxylation is 2. The van der Waals surface area contributed by atoms with Crippen molar-refractivity contribution in [3.63, 3.8) is 0 Å². The van der Waals surface area contributed by atoms with Gasteiger partial charge in [-0.1, -0.05) is 35.9 Å². The van der Waals surface area contributed by atoms with Crippen molar-refractivity contribution in [1.82, 2.24) is 9.88 Å². The van der Waals surface area contributed by atoms with Crippen molar-refractivity contribution in [2.75, 3.05) is 18.9 Å². The Morgan fingerprint density at radius 3 is 2.45 bits per heavy atom. The van der Waals surface area contributed by atoms with E-state index in [2.05, 4.69) is 10.3 Å². The lowest BCUT2D eigenvalue weighted by Crippen LogP contribution is -2.41. The van der Waals surface area contributed by atoms with Crippen LogP contribution in [0.25, 0.3) is 10.9 Å². The Bertz CT molecular complexity index is 1130. The highest BCUT2D eigenvalue weighted by Crippen LogP contribution is 2.20. The summed E-state index contributed by atoms with van der Waals surface area (Å²) in [5, 5.41) is 3.40. The molecule has 1 heterocycles. The van der Waals surface area contributed by atoms with Crippen molar-refractivity contribution < 1.29 is 19.1 Å². The molecule has 3 rings (SSSR count). The van der Waals surface area contributed by atoms with Gasteiger partial charge in [-0.05, 0) is 45.0 Å². The summed E-state index contributed by atoms with van der Waals surface area (Å²) < 4.78 is 5.41. The van der Waals surface area contributed by atoms with Crippen molar-refractivity contribution >= 4 is 34.4 Å². The number of nitrogens with zero attached hydrogens (tertiary/aromatic N) is 2. The number of carbonyl (C=O) groups excluding carboxylic acids is 3. The number of aromatic nitrogens is 1. The third kappa shape index (κ3) is 5.45. The lowest BCUT2D eigenvalue weighted by molar-refractivity contribution is -0.140. The predicted octanol–water partition coefficient (Wildman–Crippen LogP) is 3.49. The lowest BCUT2D eigenvalue weighted by Gasteiger charge is -2.21. The molecule has 7 nitrogen and oxygen atoms in total. The Labute approximate surface area is 181 Å². The molecule has 7 heteroatoms. The van der Waals surface area contributed by atoms with Crippen LogP contribution in [-0.2, 0) is 14.3 Å². The molecule has 0 saturated carbocycles. The second-order valence-corrected chi connectivity index (χ2v) is 7.48. The Morgan fingerprint density at radius 2 is 1.74 bits per heavy atom. The minimum absolute atomic E-state index is 0.161. The molecule has 0 aliphatic heterocycles. The van der Waals surface area contributed by atoms with Crippen LogP contribution in [0.15, 0.2) is 54.6 Å². The number of amides is 2. The topological polar surface area (TPSA) is 88.6 Å². The average molecular weight is 419 g/mol. The molecule has 31 heavy (non-hydrogen) atoms. The molecule has 0 aliphatic carbocycles. The van der Waals surface area contributed by atoms with Gasteiger partial charge in [0.1, 0.15) is 0 Å². The molecular formula is C24H25N3O4. The molecule has 1 atom stereocenters. The van der Waals surface area contributed by atoms with Crippen LogP contribution >= 0.6 is 0 Å². The molecule has 1 N–H and O–H groups in total. The summed E-state index contributed by atoms with van der Waals surface area (Å²) in [5.74, 6) is -1.42. The molecule has 0 spiro atoms. The molecule has 0 bridgehead atoms. The first-order valence-electron chi connectivity index (χ1n) is 9.93. The van der Waals surface area contributed by atoms with Crippen molar-refractivity contribution in [1.29, 1.82) is 0 Å². The average Bonchev–Trinajstić information content (AvgIpc) is 2.73. The van der Waals surface area contributed by atoms with E-state index in [1.807, 2.05) is 37.3 Å². The van der Waals surface area contributed by atoms with Gasteiger partial charge in [0.05, 0.1) is 17.6 Å². The van der Waals surface area contributed by atoms with Gasteiger partial charge in [0.25, 0.3) is 5.91 Å². The largest absolute Gasteiger partial charge is 0.449 e. The van der Waals surface area contributed by atoms with Crippen LogP contribution in [0.4, 0.5) is 5.69 Å². The summed E-state index contributed by atoms with van der Waals surface area (Å²) in [6.07, 6.45) is -1.04. The molecule has 0 fully saturated rings. The van der Waals surface area contributed by atoms with Crippen LogP contribution in [0.1, 0.15) is 28.5 Å². The number of likely N-dealkylation sites (N-methyl/N-ethyl adjacent to an activating group) is 1. The number of esters is 1. The van der Waals surface area contributed by atoms with Gasteiger partial charge in [0, 0.05) is 23.8 Å². The van der Waals surface area contributed by atoms with Gasteiger partial charge in [0.2, 0.25) is 5.91 Å². The number of hydrogen-bond acceptors (Lipinski definition) is 5. The van der Waals surface area contributed by atoms with Gasteiger partial charge in [0.15, 0.2) is 6.10 Å². The van der Waals surface area contributed by atoms with Crippen LogP contribution in [0.2, 0.25) is 0 Å². The molecule has 1 aromatic heterocycles. The van der Waals surface area contributed by atoms with E-state index in [1.165, 1.54) is 18.9 Å². The van der Waals surface area contributed by atoms with Gasteiger partial charge in [-0.25, -0.2) is 4.79 Å². The third-order valence-corrected chi connectivity index (χ3v) is 4.79. The minimum atomic E-state index is -1.04. The van der Waals surface area contributed by atoms with E-state index in [1.54, 1.807) is 31.2 Å². The summed E-state index contributed by atoms with van der Waals surface area (Å²) >= 11 is 0. The second-order valence-electron chi connectivity index (χ2n) is 7.48. The highest BCUT2D eigenvalue weighted by Gasteiger charge is 2.24. The van der Waals surface area contributed by atoms with Crippen molar-refractivity contribution in [3.8, 4) is 0 Å². The number of rotatable bonds is 6. The van der Waals surface area contributed by atoms with Gasteiger partial charge < -0.3 is 15.0 Å². The summed E-state index contributed by atoms with van der Waals surface area (Å²) in [5.41, 5.74) is 3.43. The quantitative estimate of drug-likeness (QED) is 0.618. The van der Waals surface area contributed by atoms with Crippen LogP contribution in [0, 0.1) is 13.8 Å². The molecule has 0 radical (unpaired) electrons. The molecule has 2 amide bonds. The maximum atomic E-state index is 12.7. The number of carbonyl (C=O) groups is 3. The predicted molar refractivity (Wildman–Crippen MR) is 119 cm³/mol. The minimum Gasteiger partial charge on any atom is -0.449 e. The molecule has 2 aromatic carbocycles. The van der Waals surface area contributed by atoms with E-state index < -0.39 is 18.0 Å². The monoisotopic (exact) mass is 419 g/mol. The third-order valence-electron chi connectivity index (χ3n) is 4.79. The normalized spacial score (nSPS) is 11.6. The van der Waals surface area contributed by atoms with Gasteiger partial charge in [-0.15, -0.1) is 0 Å². The van der Waals surface area contributed by atoms with Crippen LogP contribution < -0.4 is 5.32 Å². The Hall–Kier alpha value is -3.74. The fourth-order valence-electron chi connectivity index (χ4n) is 3.19. The Balaban J connectivity index is 1.62. The zero-order chi connectivity index (χ0) is 22.5. The molecule has 3 aromatic rings. The van der Waals surface area contributed by atoms with Gasteiger partial charge >= 0.3 is 5.97 Å². The summed E-state index contributed by atoms with van der Waals surface area (Å²) in [4.78, 5) is 43.3. The van der Waals surface area contributed by atoms with Crippen LogP contribution in [0.5, 0.6) is 0 Å². The van der Waals surface area contributed by atoms with Gasteiger partial charge in [-0.2, -0.15) is 0 Å². The molecule has 0 saturated heterocycles. The van der Waals surface area contributed by atoms with Crippen molar-refractivity contribution in [3.05, 3.63) is 71.4 Å². The van der Waals surface area contributed by atoms with E-state index in [0.717, 1.165) is 5.56 Å². The van der Waals surface area contributed by atoms with Crippen molar-refractivity contribution in [2.45, 2.75) is 26.9 Å². The van der Waals surface area contributed by atoms with Crippen LogP contribution in [-0.4, -0.2) is 47.4 Å². The number of fused-ring (bicyclic) bond motifs is 1. The standard InChI is InChI=1S/C24H25N3O4/c1-15-9-11-18(12-10-15)26-22(28)14-27(4)23(29)17(3)31-24(30)20-13-16(2)25-21-8-6-5-7-19(20)21/h5-13,17H,14H2,1-4H3,(H,26,28). The smallest absolute Gasteiger partial charge is 0.339 e. The summed E-state index contributed by atoms with van der Waals surface area (Å²) in [7, 11) is 1.49. The SMILES string of the molecule is Cc1ccc(NC(=O)CN(C)C(=O)C(C)OC(=O)c2cc(C)nc3ccccc23)cc1. The fourth-order valence-corrected chi connectivity index (χ4v) is 3.19. The zero-order valence-corrected chi connectivity index (χ0v) is 18.0. The first-order chi connectivity index (χ1) is 14.7. The first-order valence-corrected chi connectivity index (χ1v) is 9.93. The maximum absolute atomic E-state index is 12.7. The van der Waals surface area contributed by atoms with E-state index in [9.17, 15) is 14.4 Å². The van der Waals surface area contributed by atoms with E-state index in [4.69, 9.17) is 4.74 Å². The highest BCUT2D eigenvalue weighted by atomic mass is 16.5. The lowest BCUT2D eigenvalue weighted by atomic mass is 10.1. The number of ether oxygens (including phenoxy) is 1. The van der Waals surface area contributed by atoms with Crippen molar-refractivity contribution in [2.24, 2.45) is 0 Å². The summed E-state index contributed by atoms with van der Waals surface area (Å²) in [6.45, 7) is 5.08. The number of para-hydroxylation sites is 1. The van der Waals surface area contributed by atoms with Gasteiger partial charge in [-0.3, -0.25) is 14.6 Å². The van der Waals surface area contributed by atoms with E-state index in [-0.39, 0.29) is 12.5 Å². The second kappa shape index (κ2) is 9.38. The van der Waals surface area contributed by atoms with E-state index in [0.29, 0.717) is 27.8 Å². The molecule has 160 valence electrons. The summed E-state index contributed by atoms with van der Waals surface area (Å²) in [6, 6.07) is 16.2. The maximum Gasteiger partial charge on any atom is 0.339 e. The number of hydrogen-bond donors (Lipinski definition) is 1. The number of benzene rings is 2.